The lowest BCUT2D eigenvalue weighted by Crippen LogP contribution is -2.53. The molecule has 14 heteroatoms. The summed E-state index contributed by atoms with van der Waals surface area (Å²) in [6.07, 6.45) is -5.39. The Kier molecular flexibility index (Phi) is 9.58. The molecule has 0 unspecified atom stereocenters. The highest BCUT2D eigenvalue weighted by Crippen LogP contribution is 2.37. The molecular weight excluding hydrogens is 599 g/mol. The van der Waals surface area contributed by atoms with Crippen molar-refractivity contribution in [3.05, 3.63) is 70.2 Å². The van der Waals surface area contributed by atoms with Crippen molar-refractivity contribution in [2.75, 3.05) is 19.8 Å². The Morgan fingerprint density at radius 2 is 1.70 bits per heavy atom. The number of nitrogens with one attached hydrogen (secondary N) is 1. The van der Waals surface area contributed by atoms with Crippen LogP contribution >= 0.6 is 11.6 Å². The van der Waals surface area contributed by atoms with Crippen LogP contribution in [0.3, 0.4) is 0 Å². The largest absolute Gasteiger partial charge is 0.507 e. The number of fused-ring (bicyclic) bond motifs is 1. The number of halogens is 4. The molecule has 1 heterocycles. The summed E-state index contributed by atoms with van der Waals surface area (Å²) < 4.78 is 54.0. The molecule has 1 aliphatic heterocycles. The predicted molar refractivity (Wildman–Crippen MR) is 146 cm³/mol. The number of carbonyl (C=O) groups excluding carboxylic acids is 2. The Morgan fingerprint density at radius 1 is 1.00 bits per heavy atom. The van der Waals surface area contributed by atoms with Gasteiger partial charge in [0.05, 0.1) is 11.6 Å². The number of hydrogen-bond donors (Lipinski definition) is 3. The smallest absolute Gasteiger partial charge is 0.495 e. The summed E-state index contributed by atoms with van der Waals surface area (Å²) in [7, 11) is 0. The lowest BCUT2D eigenvalue weighted by molar-refractivity contribution is -0.289. The van der Waals surface area contributed by atoms with Crippen molar-refractivity contribution >= 4 is 23.5 Å². The number of aliphatic hydroxyl groups excluding tert-OH is 1. The molecule has 3 aromatic carbocycles. The second-order valence-corrected chi connectivity index (χ2v) is 10.1. The van der Waals surface area contributed by atoms with E-state index in [9.17, 15) is 33.0 Å². The number of aromatic hydroxyl groups is 1. The molecule has 0 spiro atoms. The fraction of sp³-hybridized carbons (Fsp3) is 0.310. The first-order valence-corrected chi connectivity index (χ1v) is 13.2. The van der Waals surface area contributed by atoms with E-state index in [1.807, 2.05) is 43.3 Å². The zero-order chi connectivity index (χ0) is 31.4. The van der Waals surface area contributed by atoms with Crippen LogP contribution < -0.4 is 19.5 Å². The molecule has 0 bridgehead atoms. The van der Waals surface area contributed by atoms with Crippen LogP contribution in [0.15, 0.2) is 48.5 Å². The quantitative estimate of drug-likeness (QED) is 0.225. The van der Waals surface area contributed by atoms with Crippen LogP contribution in [0, 0.1) is 6.92 Å². The number of benzene rings is 3. The molecule has 1 atom stereocenters. The van der Waals surface area contributed by atoms with Gasteiger partial charge in [0, 0.05) is 18.2 Å². The second-order valence-electron chi connectivity index (χ2n) is 9.73. The number of ether oxygens (including phenoxy) is 3. The summed E-state index contributed by atoms with van der Waals surface area (Å²) in [6, 6.07) is 14.1. The molecule has 43 heavy (non-hydrogen) atoms. The normalized spacial score (nSPS) is 14.0. The molecule has 0 aromatic heterocycles. The number of aliphatic hydroxyl groups is 1. The molecule has 0 aliphatic carbocycles. The third-order valence-electron chi connectivity index (χ3n) is 6.68. The number of carbonyl (C=O) groups is 2. The first-order chi connectivity index (χ1) is 20.3. The maximum Gasteiger partial charge on any atom is 0.495 e. The van der Waals surface area contributed by atoms with Crippen molar-refractivity contribution in [1.82, 2.24) is 5.32 Å². The summed E-state index contributed by atoms with van der Waals surface area (Å²) in [5.74, 6) is -3.02. The SMILES string of the molecule is Cc1c(COc2cc(O)c(CN[C@](C)(CO)C(=O)OOC(=O)C(F)(F)F)cc2Cl)cccc1-c1ccc2c(c1)OCCO2. The van der Waals surface area contributed by atoms with E-state index in [1.165, 1.54) is 12.1 Å². The number of rotatable bonds is 9. The number of hydrogen-bond acceptors (Lipinski definition) is 10. The Hall–Kier alpha value is -4.20. The predicted octanol–water partition coefficient (Wildman–Crippen LogP) is 4.78. The monoisotopic (exact) mass is 625 g/mol. The van der Waals surface area contributed by atoms with Gasteiger partial charge in [-0.25, -0.2) is 19.4 Å². The molecule has 10 nitrogen and oxygen atoms in total. The molecule has 0 amide bonds. The molecule has 0 saturated carbocycles. The van der Waals surface area contributed by atoms with Crippen molar-refractivity contribution in [2.45, 2.75) is 38.7 Å². The average molecular weight is 626 g/mol. The second kappa shape index (κ2) is 13.0. The van der Waals surface area contributed by atoms with Crippen molar-refractivity contribution in [1.29, 1.82) is 0 Å². The number of alkyl halides is 3. The topological polar surface area (TPSA) is 133 Å². The van der Waals surface area contributed by atoms with Gasteiger partial charge in [-0.3, -0.25) is 5.32 Å². The molecule has 0 saturated heterocycles. The van der Waals surface area contributed by atoms with Crippen LogP contribution in [0.1, 0.15) is 23.6 Å². The van der Waals surface area contributed by atoms with E-state index in [-0.39, 0.29) is 35.2 Å². The van der Waals surface area contributed by atoms with E-state index >= 15 is 0 Å². The fourth-order valence-corrected chi connectivity index (χ4v) is 4.29. The van der Waals surface area contributed by atoms with Gasteiger partial charge in [0.25, 0.3) is 0 Å². The minimum absolute atomic E-state index is 0.114. The van der Waals surface area contributed by atoms with E-state index in [1.54, 1.807) is 0 Å². The van der Waals surface area contributed by atoms with Gasteiger partial charge in [0.1, 0.15) is 36.9 Å². The molecule has 4 rings (SSSR count). The molecule has 0 fully saturated rings. The van der Waals surface area contributed by atoms with Crippen LogP contribution in [0.25, 0.3) is 11.1 Å². The van der Waals surface area contributed by atoms with E-state index < -0.39 is 30.3 Å². The van der Waals surface area contributed by atoms with Crippen LogP contribution in [-0.2, 0) is 32.5 Å². The first kappa shape index (κ1) is 31.7. The van der Waals surface area contributed by atoms with Crippen molar-refractivity contribution in [3.63, 3.8) is 0 Å². The zero-order valence-electron chi connectivity index (χ0n) is 22.9. The first-order valence-electron chi connectivity index (χ1n) is 12.8. The Bertz CT molecular complexity index is 1520. The van der Waals surface area contributed by atoms with Gasteiger partial charge in [-0.2, -0.15) is 13.2 Å². The van der Waals surface area contributed by atoms with E-state index in [0.29, 0.717) is 24.7 Å². The van der Waals surface area contributed by atoms with Gasteiger partial charge in [-0.15, -0.1) is 0 Å². The average Bonchev–Trinajstić information content (AvgIpc) is 2.98. The molecule has 3 N–H and O–H groups in total. The van der Waals surface area contributed by atoms with E-state index in [4.69, 9.17) is 25.8 Å². The Labute approximate surface area is 248 Å². The summed E-state index contributed by atoms with van der Waals surface area (Å²) >= 11 is 6.38. The summed E-state index contributed by atoms with van der Waals surface area (Å²) in [6.45, 7) is 2.89. The minimum atomic E-state index is -5.39. The standard InChI is InChI=1S/C29H27ClF3NO9/c1-16-18(4-3-5-20(16)17-6-7-23-25(11-17)40-9-8-39-23)14-41-24-12-22(36)19(10-21(24)30)13-34-28(2,15-35)26(37)42-43-27(38)29(31,32)33/h3-7,10-12,34-36H,8-9,13-15H2,1-2H3/t28-/m1/s1. The van der Waals surface area contributed by atoms with Gasteiger partial charge in [-0.1, -0.05) is 35.9 Å². The fourth-order valence-electron chi connectivity index (χ4n) is 4.05. The highest BCUT2D eigenvalue weighted by Gasteiger charge is 2.44. The Balaban J connectivity index is 1.41. The van der Waals surface area contributed by atoms with Gasteiger partial charge >= 0.3 is 18.1 Å². The third-order valence-corrected chi connectivity index (χ3v) is 6.97. The lowest BCUT2D eigenvalue weighted by atomic mass is 9.96. The highest BCUT2D eigenvalue weighted by molar-refractivity contribution is 6.32. The number of phenolic OH excluding ortho intramolecular Hbond substituents is 1. The van der Waals surface area contributed by atoms with Crippen LogP contribution in [0.2, 0.25) is 5.02 Å². The molecule has 0 radical (unpaired) electrons. The van der Waals surface area contributed by atoms with E-state index in [0.717, 1.165) is 29.2 Å². The summed E-state index contributed by atoms with van der Waals surface area (Å²) in [5.41, 5.74) is 1.88. The molecular formula is C29H27ClF3NO9. The van der Waals surface area contributed by atoms with Crippen LogP contribution in [-0.4, -0.2) is 53.7 Å². The van der Waals surface area contributed by atoms with E-state index in [2.05, 4.69) is 15.1 Å². The third kappa shape index (κ3) is 7.42. The lowest BCUT2D eigenvalue weighted by Gasteiger charge is -2.25. The van der Waals surface area contributed by atoms with Crippen LogP contribution in [0.5, 0.6) is 23.0 Å². The summed E-state index contributed by atoms with van der Waals surface area (Å²) in [4.78, 5) is 30.4. The van der Waals surface area contributed by atoms with Gasteiger partial charge < -0.3 is 24.4 Å². The zero-order valence-corrected chi connectivity index (χ0v) is 23.7. The Morgan fingerprint density at radius 3 is 2.40 bits per heavy atom. The van der Waals surface area contributed by atoms with Gasteiger partial charge in [0.15, 0.2) is 11.5 Å². The number of phenols is 1. The minimum Gasteiger partial charge on any atom is -0.507 e. The maximum atomic E-state index is 12.3. The molecule has 3 aromatic rings. The van der Waals surface area contributed by atoms with Crippen molar-refractivity contribution in [3.8, 4) is 34.1 Å². The van der Waals surface area contributed by atoms with Crippen LogP contribution in [0.4, 0.5) is 13.2 Å². The van der Waals surface area contributed by atoms with Crippen molar-refractivity contribution < 1.29 is 57.0 Å². The highest BCUT2D eigenvalue weighted by atomic mass is 35.5. The summed E-state index contributed by atoms with van der Waals surface area (Å²) in [5, 5.41) is 22.8. The van der Waals surface area contributed by atoms with Gasteiger partial charge in [-0.05, 0) is 54.3 Å². The van der Waals surface area contributed by atoms with Gasteiger partial charge in [0.2, 0.25) is 0 Å². The van der Waals surface area contributed by atoms with Crippen molar-refractivity contribution in [2.24, 2.45) is 0 Å². The molecule has 230 valence electrons. The maximum absolute atomic E-state index is 12.3. The molecule has 1 aliphatic rings.